The average Bonchev–Trinajstić information content (AvgIpc) is 3.17. The van der Waals surface area contributed by atoms with Crippen molar-refractivity contribution in [3.8, 4) is 0 Å². The summed E-state index contributed by atoms with van der Waals surface area (Å²) in [6.45, 7) is 0.659. The summed E-state index contributed by atoms with van der Waals surface area (Å²) in [6, 6.07) is 4.81. The topological polar surface area (TPSA) is 128 Å². The Morgan fingerprint density at radius 1 is 1.09 bits per heavy atom. The zero-order valence-electron chi connectivity index (χ0n) is 12.0. The maximum Gasteiger partial charge on any atom is 0.243 e. The molecule has 9 nitrogen and oxygen atoms in total. The molecule has 0 saturated carbocycles. The molecule has 1 aliphatic heterocycles. The summed E-state index contributed by atoms with van der Waals surface area (Å²) in [5.74, 6) is 0. The largest absolute Gasteiger partial charge is 0.248 e. The molecule has 1 fully saturated rings. The highest BCUT2D eigenvalue weighted by Crippen LogP contribution is 2.27. The van der Waals surface area contributed by atoms with Gasteiger partial charge >= 0.3 is 0 Å². The van der Waals surface area contributed by atoms with Gasteiger partial charge in [-0.3, -0.25) is 0 Å². The molecule has 3 rings (SSSR count). The Labute approximate surface area is 133 Å². The molecule has 11 heteroatoms. The third kappa shape index (κ3) is 3.13. The van der Waals surface area contributed by atoms with Crippen LogP contribution in [0.2, 0.25) is 0 Å². The quantitative estimate of drug-likeness (QED) is 0.790. The minimum Gasteiger partial charge on any atom is -0.248 e. The van der Waals surface area contributed by atoms with E-state index in [1.54, 1.807) is 17.1 Å². The fraction of sp³-hybridized carbons (Fsp3) is 0.333. The molecule has 0 aliphatic carbocycles. The Hall–Kier alpha value is -1.82. The molecule has 0 bridgehead atoms. The van der Waals surface area contributed by atoms with Crippen LogP contribution in [0.1, 0.15) is 12.5 Å². The van der Waals surface area contributed by atoms with Crippen molar-refractivity contribution >= 4 is 20.0 Å². The van der Waals surface area contributed by atoms with Crippen LogP contribution in [0.25, 0.3) is 0 Å². The third-order valence-electron chi connectivity index (χ3n) is 3.73. The highest BCUT2D eigenvalue weighted by atomic mass is 32.2. The molecule has 1 aromatic heterocycles. The van der Waals surface area contributed by atoms with Gasteiger partial charge in [-0.15, -0.1) is 5.10 Å². The second-order valence-electron chi connectivity index (χ2n) is 5.21. The predicted molar refractivity (Wildman–Crippen MR) is 80.3 cm³/mol. The van der Waals surface area contributed by atoms with E-state index in [0.717, 1.165) is 0 Å². The molecule has 2 aromatic rings. The van der Waals surface area contributed by atoms with Crippen molar-refractivity contribution in [2.45, 2.75) is 22.3 Å². The van der Waals surface area contributed by atoms with Gasteiger partial charge in [0.2, 0.25) is 20.0 Å². The first-order chi connectivity index (χ1) is 10.8. The van der Waals surface area contributed by atoms with Gasteiger partial charge in [0, 0.05) is 19.3 Å². The van der Waals surface area contributed by atoms with E-state index in [1.807, 2.05) is 0 Å². The lowest BCUT2D eigenvalue weighted by Gasteiger charge is -2.16. The van der Waals surface area contributed by atoms with E-state index < -0.39 is 20.0 Å². The molecule has 2 heterocycles. The van der Waals surface area contributed by atoms with Crippen molar-refractivity contribution in [2.75, 3.05) is 13.1 Å². The molecule has 0 radical (unpaired) electrons. The van der Waals surface area contributed by atoms with Crippen LogP contribution in [-0.2, 0) is 20.0 Å². The Morgan fingerprint density at radius 2 is 1.74 bits per heavy atom. The van der Waals surface area contributed by atoms with Gasteiger partial charge < -0.3 is 0 Å². The Bertz CT molecular complexity index is 891. The SMILES string of the molecule is NS(=O)(=O)c1ccc(S(=O)(=O)N2CCC(n3ccnn3)C2)cc1. The monoisotopic (exact) mass is 357 g/mol. The Balaban J connectivity index is 1.82. The van der Waals surface area contributed by atoms with Crippen LogP contribution in [-0.4, -0.2) is 49.2 Å². The van der Waals surface area contributed by atoms with Crippen molar-refractivity contribution in [3.63, 3.8) is 0 Å². The van der Waals surface area contributed by atoms with Gasteiger partial charge in [0.25, 0.3) is 0 Å². The fourth-order valence-electron chi connectivity index (χ4n) is 2.51. The molecular formula is C12H15N5O4S2. The molecule has 23 heavy (non-hydrogen) atoms. The lowest BCUT2D eigenvalue weighted by Crippen LogP contribution is -2.29. The van der Waals surface area contributed by atoms with E-state index in [-0.39, 0.29) is 15.8 Å². The van der Waals surface area contributed by atoms with Crippen LogP contribution >= 0.6 is 0 Å². The number of nitrogens with zero attached hydrogens (tertiary/aromatic N) is 4. The van der Waals surface area contributed by atoms with E-state index in [4.69, 9.17) is 5.14 Å². The first kappa shape index (κ1) is 16.1. The van der Waals surface area contributed by atoms with E-state index in [0.29, 0.717) is 19.5 Å². The number of aromatic nitrogens is 3. The maximum absolute atomic E-state index is 12.6. The van der Waals surface area contributed by atoms with Gasteiger partial charge in [0.15, 0.2) is 0 Å². The van der Waals surface area contributed by atoms with E-state index in [1.165, 1.54) is 28.6 Å². The summed E-state index contributed by atoms with van der Waals surface area (Å²) in [5, 5.41) is 12.6. The molecule has 0 amide bonds. The predicted octanol–water partition coefficient (Wildman–Crippen LogP) is -0.439. The molecular weight excluding hydrogens is 342 g/mol. The summed E-state index contributed by atoms with van der Waals surface area (Å²) >= 11 is 0. The first-order valence-electron chi connectivity index (χ1n) is 6.77. The summed E-state index contributed by atoms with van der Waals surface area (Å²) in [6.07, 6.45) is 3.88. The van der Waals surface area contributed by atoms with Crippen molar-refractivity contribution in [3.05, 3.63) is 36.7 Å². The maximum atomic E-state index is 12.6. The van der Waals surface area contributed by atoms with Crippen LogP contribution in [0.3, 0.4) is 0 Å². The zero-order chi connectivity index (χ0) is 16.7. The number of hydrogen-bond donors (Lipinski definition) is 1. The average molecular weight is 357 g/mol. The van der Waals surface area contributed by atoms with Gasteiger partial charge in [-0.25, -0.2) is 26.7 Å². The van der Waals surface area contributed by atoms with Gasteiger partial charge in [-0.05, 0) is 30.7 Å². The van der Waals surface area contributed by atoms with Crippen molar-refractivity contribution in [2.24, 2.45) is 5.14 Å². The molecule has 2 N–H and O–H groups in total. The molecule has 124 valence electrons. The molecule has 1 saturated heterocycles. The normalized spacial score (nSPS) is 20.0. The summed E-state index contributed by atoms with van der Waals surface area (Å²) in [5.41, 5.74) is 0. The van der Waals surface area contributed by atoms with Gasteiger partial charge in [0.05, 0.1) is 22.0 Å². The summed E-state index contributed by atoms with van der Waals surface area (Å²) in [7, 11) is -7.54. The van der Waals surface area contributed by atoms with Crippen LogP contribution in [0, 0.1) is 0 Å². The smallest absolute Gasteiger partial charge is 0.243 e. The number of hydrogen-bond acceptors (Lipinski definition) is 6. The van der Waals surface area contributed by atoms with Gasteiger partial charge in [0.1, 0.15) is 0 Å². The minimum absolute atomic E-state index is 0.0316. The number of sulfonamides is 2. The molecule has 0 spiro atoms. The molecule has 1 unspecified atom stereocenters. The van der Waals surface area contributed by atoms with Gasteiger partial charge in [-0.1, -0.05) is 5.21 Å². The number of primary sulfonamides is 1. The second kappa shape index (κ2) is 5.67. The van der Waals surface area contributed by atoms with Crippen LogP contribution < -0.4 is 5.14 Å². The first-order valence-corrected chi connectivity index (χ1v) is 9.76. The van der Waals surface area contributed by atoms with E-state index in [9.17, 15) is 16.8 Å². The Morgan fingerprint density at radius 3 is 2.30 bits per heavy atom. The standard InChI is InChI=1S/C12H15N5O4S2/c13-22(18,19)11-1-3-12(4-2-11)23(20,21)16-7-5-10(9-16)17-8-6-14-15-17/h1-4,6,8,10H,5,7,9H2,(H2,13,18,19). The van der Waals surface area contributed by atoms with Crippen molar-refractivity contribution in [1.82, 2.24) is 19.3 Å². The van der Waals surface area contributed by atoms with Crippen molar-refractivity contribution < 1.29 is 16.8 Å². The molecule has 1 aromatic carbocycles. The molecule has 1 aliphatic rings. The third-order valence-corrected chi connectivity index (χ3v) is 6.54. The minimum atomic E-state index is -3.85. The number of rotatable bonds is 4. The summed E-state index contributed by atoms with van der Waals surface area (Å²) < 4.78 is 50.7. The lowest BCUT2D eigenvalue weighted by molar-refractivity contribution is 0.428. The number of nitrogens with two attached hydrogens (primary N) is 1. The van der Waals surface area contributed by atoms with Crippen LogP contribution in [0.4, 0.5) is 0 Å². The van der Waals surface area contributed by atoms with Gasteiger partial charge in [-0.2, -0.15) is 4.31 Å². The van der Waals surface area contributed by atoms with Crippen molar-refractivity contribution in [1.29, 1.82) is 0 Å². The van der Waals surface area contributed by atoms with Crippen LogP contribution in [0.5, 0.6) is 0 Å². The van der Waals surface area contributed by atoms with E-state index in [2.05, 4.69) is 10.3 Å². The lowest BCUT2D eigenvalue weighted by atomic mass is 10.3. The zero-order valence-corrected chi connectivity index (χ0v) is 13.6. The molecule has 1 atom stereocenters. The highest BCUT2D eigenvalue weighted by Gasteiger charge is 2.33. The second-order valence-corrected chi connectivity index (χ2v) is 8.70. The van der Waals surface area contributed by atoms with E-state index >= 15 is 0 Å². The summed E-state index contributed by atoms with van der Waals surface area (Å²) in [4.78, 5) is -0.0949. The fourth-order valence-corrected chi connectivity index (χ4v) is 4.52. The van der Waals surface area contributed by atoms with Crippen LogP contribution in [0.15, 0.2) is 46.5 Å². The Kier molecular flexibility index (Phi) is 3.96. The number of benzene rings is 1. The highest BCUT2D eigenvalue weighted by molar-refractivity contribution is 7.89.